The van der Waals surface area contributed by atoms with E-state index >= 15 is 0 Å². The van der Waals surface area contributed by atoms with Crippen molar-refractivity contribution >= 4 is 11.9 Å². The van der Waals surface area contributed by atoms with Crippen LogP contribution in [-0.4, -0.2) is 35.7 Å². The summed E-state index contributed by atoms with van der Waals surface area (Å²) < 4.78 is 4.74. The molecule has 1 amide bonds. The molecule has 1 rings (SSSR count). The maximum atomic E-state index is 11.6. The van der Waals surface area contributed by atoms with E-state index in [-0.39, 0.29) is 12.3 Å². The zero-order chi connectivity index (χ0) is 14.1. The van der Waals surface area contributed by atoms with Gasteiger partial charge >= 0.3 is 5.97 Å². The Morgan fingerprint density at radius 3 is 3.00 bits per heavy atom. The van der Waals surface area contributed by atoms with Gasteiger partial charge in [-0.05, 0) is 12.8 Å². The molecule has 1 unspecified atom stereocenters. The minimum atomic E-state index is -0.793. The van der Waals surface area contributed by atoms with Crippen molar-refractivity contribution in [2.24, 2.45) is 0 Å². The molecule has 0 aromatic heterocycles. The number of cyclic esters (lactones) is 1. The van der Waals surface area contributed by atoms with Crippen molar-refractivity contribution < 1.29 is 19.4 Å². The van der Waals surface area contributed by atoms with E-state index in [2.05, 4.69) is 12.2 Å². The first-order chi connectivity index (χ1) is 9.13. The lowest BCUT2D eigenvalue weighted by atomic mass is 10.1. The fraction of sp³-hybridized carbons (Fsp3) is 0.714. The van der Waals surface area contributed by atoms with Crippen LogP contribution in [0, 0.1) is 0 Å². The highest BCUT2D eigenvalue weighted by atomic mass is 16.5. The number of amides is 1. The van der Waals surface area contributed by atoms with Crippen LogP contribution in [0.4, 0.5) is 0 Å². The Labute approximate surface area is 114 Å². The number of aliphatic hydroxyl groups is 1. The number of rotatable bonds is 8. The summed E-state index contributed by atoms with van der Waals surface area (Å²) in [4.78, 5) is 22.7. The van der Waals surface area contributed by atoms with Crippen LogP contribution in [-0.2, 0) is 14.3 Å². The summed E-state index contributed by atoms with van der Waals surface area (Å²) in [5, 5.41) is 12.2. The van der Waals surface area contributed by atoms with Crippen LogP contribution in [0.5, 0.6) is 0 Å². The lowest BCUT2D eigenvalue weighted by Gasteiger charge is -2.10. The van der Waals surface area contributed by atoms with E-state index in [1.54, 1.807) is 6.08 Å². The predicted octanol–water partition coefficient (Wildman–Crippen LogP) is 1.31. The van der Waals surface area contributed by atoms with Crippen LogP contribution in [0.15, 0.2) is 12.2 Å². The number of aliphatic hydroxyl groups excluding tert-OH is 1. The first-order valence-electron chi connectivity index (χ1n) is 6.94. The number of carbonyl (C=O) groups excluding carboxylic acids is 2. The Bertz CT molecular complexity index is 327. The summed E-state index contributed by atoms with van der Waals surface area (Å²) in [6, 6.07) is -0.548. The smallest absolute Gasteiger partial charge is 0.328 e. The Kier molecular flexibility index (Phi) is 7.18. The molecular formula is C14H23NO4. The van der Waals surface area contributed by atoms with E-state index < -0.39 is 18.1 Å². The summed E-state index contributed by atoms with van der Waals surface area (Å²) in [6.45, 7) is 2.49. The molecule has 0 aromatic carbocycles. The number of esters is 1. The number of hydrogen-bond acceptors (Lipinski definition) is 4. The largest absolute Gasteiger partial charge is 0.464 e. The highest BCUT2D eigenvalue weighted by Crippen LogP contribution is 2.07. The molecule has 5 heteroatoms. The van der Waals surface area contributed by atoms with E-state index in [4.69, 9.17) is 4.74 Å². The normalized spacial score (nSPS) is 20.5. The number of ether oxygens (including phenoxy) is 1. The number of allylic oxidation sites excluding steroid dienone is 1. The van der Waals surface area contributed by atoms with Crippen molar-refractivity contribution in [3.8, 4) is 0 Å². The molecular weight excluding hydrogens is 246 g/mol. The Morgan fingerprint density at radius 1 is 1.58 bits per heavy atom. The summed E-state index contributed by atoms with van der Waals surface area (Å²) >= 11 is 0. The second-order valence-electron chi connectivity index (χ2n) is 4.77. The molecule has 1 fully saturated rings. The standard InChI is InChI=1S/C14H23NO4/c1-2-3-4-5-6-7-11(16)10-13(17)15-12-8-9-19-14(12)18/h6-7,11-12,16H,2-5,8-10H2,1H3,(H,15,17)/b7-6+/t11?,12-/m0/s1. The molecule has 0 aromatic rings. The topological polar surface area (TPSA) is 75.6 Å². The molecule has 0 aliphatic carbocycles. The van der Waals surface area contributed by atoms with E-state index in [1.165, 1.54) is 6.42 Å². The first-order valence-corrected chi connectivity index (χ1v) is 6.94. The summed E-state index contributed by atoms with van der Waals surface area (Å²) in [7, 11) is 0. The quantitative estimate of drug-likeness (QED) is 0.396. The molecule has 0 radical (unpaired) electrons. The SMILES string of the molecule is CCCCC/C=C/C(O)CC(=O)N[C@H]1CCOC1=O. The van der Waals surface area contributed by atoms with Gasteiger partial charge in [0.1, 0.15) is 6.04 Å². The highest BCUT2D eigenvalue weighted by Gasteiger charge is 2.28. The molecule has 2 atom stereocenters. The van der Waals surface area contributed by atoms with Gasteiger partial charge < -0.3 is 15.2 Å². The maximum Gasteiger partial charge on any atom is 0.328 e. The van der Waals surface area contributed by atoms with Crippen molar-refractivity contribution in [2.75, 3.05) is 6.61 Å². The van der Waals surface area contributed by atoms with Crippen molar-refractivity contribution in [2.45, 2.75) is 57.6 Å². The summed E-state index contributed by atoms with van der Waals surface area (Å²) in [6.07, 6.45) is 7.59. The van der Waals surface area contributed by atoms with Gasteiger partial charge in [-0.15, -0.1) is 0 Å². The van der Waals surface area contributed by atoms with Gasteiger partial charge in [-0.1, -0.05) is 31.9 Å². The Balaban J connectivity index is 2.18. The second-order valence-corrected chi connectivity index (χ2v) is 4.77. The van der Waals surface area contributed by atoms with Crippen LogP contribution in [0.3, 0.4) is 0 Å². The van der Waals surface area contributed by atoms with Gasteiger partial charge in [-0.25, -0.2) is 4.79 Å². The lowest BCUT2D eigenvalue weighted by Crippen LogP contribution is -2.39. The van der Waals surface area contributed by atoms with Gasteiger partial charge in [0.2, 0.25) is 5.91 Å². The molecule has 0 bridgehead atoms. The van der Waals surface area contributed by atoms with Crippen LogP contribution in [0.1, 0.15) is 45.4 Å². The number of hydrogen-bond donors (Lipinski definition) is 2. The molecule has 108 valence electrons. The number of unbranched alkanes of at least 4 members (excludes halogenated alkanes) is 3. The number of nitrogens with one attached hydrogen (secondary N) is 1. The molecule has 0 spiro atoms. The van der Waals surface area contributed by atoms with Crippen LogP contribution < -0.4 is 5.32 Å². The third-order valence-electron chi connectivity index (χ3n) is 3.00. The zero-order valence-electron chi connectivity index (χ0n) is 11.4. The molecule has 5 nitrogen and oxygen atoms in total. The molecule has 19 heavy (non-hydrogen) atoms. The average molecular weight is 269 g/mol. The van der Waals surface area contributed by atoms with Gasteiger partial charge in [0.05, 0.1) is 19.1 Å². The molecule has 1 saturated heterocycles. The van der Waals surface area contributed by atoms with Gasteiger partial charge in [-0.2, -0.15) is 0 Å². The third kappa shape index (κ3) is 6.38. The molecule has 2 N–H and O–H groups in total. The minimum Gasteiger partial charge on any atom is -0.464 e. The van der Waals surface area contributed by atoms with Crippen LogP contribution >= 0.6 is 0 Å². The second kappa shape index (κ2) is 8.69. The van der Waals surface area contributed by atoms with Gasteiger partial charge in [0.15, 0.2) is 0 Å². The fourth-order valence-corrected chi connectivity index (χ4v) is 1.90. The van der Waals surface area contributed by atoms with Gasteiger partial charge in [-0.3, -0.25) is 4.79 Å². The van der Waals surface area contributed by atoms with Gasteiger partial charge in [0, 0.05) is 6.42 Å². The lowest BCUT2D eigenvalue weighted by molar-refractivity contribution is -0.141. The monoisotopic (exact) mass is 269 g/mol. The Morgan fingerprint density at radius 2 is 2.37 bits per heavy atom. The maximum absolute atomic E-state index is 11.6. The van der Waals surface area contributed by atoms with E-state index in [0.29, 0.717) is 13.0 Å². The first kappa shape index (κ1) is 15.7. The van der Waals surface area contributed by atoms with E-state index in [0.717, 1.165) is 19.3 Å². The van der Waals surface area contributed by atoms with Crippen molar-refractivity contribution in [1.82, 2.24) is 5.32 Å². The molecule has 1 heterocycles. The summed E-state index contributed by atoms with van der Waals surface area (Å²) in [5.74, 6) is -0.715. The molecule has 1 aliphatic rings. The zero-order valence-corrected chi connectivity index (χ0v) is 11.4. The average Bonchev–Trinajstić information content (AvgIpc) is 2.74. The third-order valence-corrected chi connectivity index (χ3v) is 3.00. The minimum absolute atomic E-state index is 0.0198. The van der Waals surface area contributed by atoms with Crippen LogP contribution in [0.2, 0.25) is 0 Å². The van der Waals surface area contributed by atoms with Crippen LogP contribution in [0.25, 0.3) is 0 Å². The Hall–Kier alpha value is -1.36. The molecule has 0 saturated carbocycles. The fourth-order valence-electron chi connectivity index (χ4n) is 1.90. The summed E-state index contributed by atoms with van der Waals surface area (Å²) in [5.41, 5.74) is 0. The predicted molar refractivity (Wildman–Crippen MR) is 71.4 cm³/mol. The van der Waals surface area contributed by atoms with E-state index in [1.807, 2.05) is 6.08 Å². The van der Waals surface area contributed by atoms with Crippen molar-refractivity contribution in [1.29, 1.82) is 0 Å². The van der Waals surface area contributed by atoms with Gasteiger partial charge in [0.25, 0.3) is 0 Å². The van der Waals surface area contributed by atoms with Crippen molar-refractivity contribution in [3.63, 3.8) is 0 Å². The molecule has 1 aliphatic heterocycles. The van der Waals surface area contributed by atoms with E-state index in [9.17, 15) is 14.7 Å². The highest BCUT2D eigenvalue weighted by molar-refractivity contribution is 5.85. The van der Waals surface area contributed by atoms with Crippen molar-refractivity contribution in [3.05, 3.63) is 12.2 Å². The number of carbonyl (C=O) groups is 2.